The van der Waals surface area contributed by atoms with Crippen LogP contribution >= 0.6 is 11.8 Å². The number of thioether (sulfide) groups is 1. The Morgan fingerprint density at radius 2 is 1.58 bits per heavy atom. The zero-order valence-corrected chi connectivity index (χ0v) is 13.4. The van der Waals surface area contributed by atoms with Crippen LogP contribution in [-0.2, 0) is 0 Å². The standard InChI is InChI=1S/C17H18SSe/c1-3-7-15(8-4-1)18-13-17(14-11-12-14)19-16-9-5-2-6-10-16/h1-10,14,17H,11-13H2. The van der Waals surface area contributed by atoms with Crippen molar-refractivity contribution in [1.29, 1.82) is 0 Å². The molecule has 1 aliphatic rings. The summed E-state index contributed by atoms with van der Waals surface area (Å²) in [7, 11) is 0. The first-order chi connectivity index (χ1) is 9.42. The van der Waals surface area contributed by atoms with E-state index >= 15 is 0 Å². The predicted molar refractivity (Wildman–Crippen MR) is 85.5 cm³/mol. The predicted octanol–water partition coefficient (Wildman–Crippen LogP) is 4.01. The molecule has 0 aromatic heterocycles. The van der Waals surface area contributed by atoms with E-state index in [1.54, 1.807) is 4.46 Å². The van der Waals surface area contributed by atoms with Crippen molar-refractivity contribution in [3.63, 3.8) is 0 Å². The molecule has 3 rings (SSSR count). The van der Waals surface area contributed by atoms with Gasteiger partial charge in [0.1, 0.15) is 0 Å². The first-order valence-electron chi connectivity index (χ1n) is 6.81. The van der Waals surface area contributed by atoms with Crippen molar-refractivity contribution in [2.24, 2.45) is 5.92 Å². The summed E-state index contributed by atoms with van der Waals surface area (Å²) in [6.07, 6.45) is 2.91. The van der Waals surface area contributed by atoms with E-state index in [2.05, 4.69) is 60.7 Å². The molecule has 2 heteroatoms. The van der Waals surface area contributed by atoms with Crippen molar-refractivity contribution in [3.8, 4) is 0 Å². The molecule has 0 spiro atoms. The SMILES string of the molecule is c1ccc(SCC([Se]c2ccccc2)C2CC2)cc1. The van der Waals surface area contributed by atoms with E-state index in [1.807, 2.05) is 11.8 Å². The number of benzene rings is 2. The average Bonchev–Trinajstić information content (AvgIpc) is 3.30. The summed E-state index contributed by atoms with van der Waals surface area (Å²) in [6, 6.07) is 21.9. The van der Waals surface area contributed by atoms with Crippen molar-refractivity contribution in [3.05, 3.63) is 60.7 Å². The average molecular weight is 333 g/mol. The third-order valence-electron chi connectivity index (χ3n) is 3.34. The van der Waals surface area contributed by atoms with Gasteiger partial charge in [0.15, 0.2) is 0 Å². The molecule has 2 aromatic rings. The second-order valence-corrected chi connectivity index (χ2v) is 8.78. The van der Waals surface area contributed by atoms with Gasteiger partial charge in [0, 0.05) is 0 Å². The molecule has 0 radical (unpaired) electrons. The molecule has 98 valence electrons. The van der Waals surface area contributed by atoms with Gasteiger partial charge < -0.3 is 0 Å². The first-order valence-corrected chi connectivity index (χ1v) is 9.64. The fraction of sp³-hybridized carbons (Fsp3) is 0.294. The minimum atomic E-state index is 0.629. The van der Waals surface area contributed by atoms with Crippen molar-refractivity contribution >= 4 is 31.2 Å². The van der Waals surface area contributed by atoms with Crippen LogP contribution in [0.3, 0.4) is 0 Å². The Bertz CT molecular complexity index is 493. The normalized spacial score (nSPS) is 16.2. The quantitative estimate of drug-likeness (QED) is 0.569. The molecule has 2 aromatic carbocycles. The molecule has 0 heterocycles. The van der Waals surface area contributed by atoms with Gasteiger partial charge in [-0.25, -0.2) is 0 Å². The van der Waals surface area contributed by atoms with Gasteiger partial charge in [-0.15, -0.1) is 0 Å². The monoisotopic (exact) mass is 334 g/mol. The molecule has 0 N–H and O–H groups in total. The molecule has 0 amide bonds. The van der Waals surface area contributed by atoms with E-state index in [1.165, 1.54) is 23.5 Å². The third-order valence-corrected chi connectivity index (χ3v) is 7.88. The van der Waals surface area contributed by atoms with Gasteiger partial charge in [0.05, 0.1) is 0 Å². The van der Waals surface area contributed by atoms with E-state index in [4.69, 9.17) is 0 Å². The molecule has 0 nitrogen and oxygen atoms in total. The van der Waals surface area contributed by atoms with Crippen LogP contribution in [0, 0.1) is 5.92 Å². The summed E-state index contributed by atoms with van der Waals surface area (Å²) >= 11 is 2.66. The van der Waals surface area contributed by atoms with Crippen LogP contribution in [0.25, 0.3) is 0 Å². The van der Waals surface area contributed by atoms with Crippen LogP contribution in [0.2, 0.25) is 4.82 Å². The van der Waals surface area contributed by atoms with Gasteiger partial charge in [-0.05, 0) is 0 Å². The molecule has 1 fully saturated rings. The van der Waals surface area contributed by atoms with Crippen LogP contribution in [-0.4, -0.2) is 20.7 Å². The maximum absolute atomic E-state index is 2.29. The van der Waals surface area contributed by atoms with Crippen LogP contribution in [0.1, 0.15) is 12.8 Å². The van der Waals surface area contributed by atoms with Gasteiger partial charge in [0.2, 0.25) is 0 Å². The second kappa shape index (κ2) is 6.65. The fourth-order valence-corrected chi connectivity index (χ4v) is 6.37. The van der Waals surface area contributed by atoms with Crippen LogP contribution in [0.5, 0.6) is 0 Å². The fourth-order valence-electron chi connectivity index (χ4n) is 2.10. The van der Waals surface area contributed by atoms with Crippen molar-refractivity contribution in [1.82, 2.24) is 0 Å². The molecule has 1 aliphatic carbocycles. The van der Waals surface area contributed by atoms with Gasteiger partial charge >= 0.3 is 126 Å². The summed E-state index contributed by atoms with van der Waals surface area (Å²) in [6.45, 7) is 0. The van der Waals surface area contributed by atoms with Crippen molar-refractivity contribution < 1.29 is 0 Å². The summed E-state index contributed by atoms with van der Waals surface area (Å²) in [5, 5.41) is 0. The van der Waals surface area contributed by atoms with Crippen molar-refractivity contribution in [2.75, 3.05) is 5.75 Å². The van der Waals surface area contributed by atoms with Gasteiger partial charge in [0.25, 0.3) is 0 Å². The zero-order chi connectivity index (χ0) is 12.9. The molecule has 0 bridgehead atoms. The molecule has 1 saturated carbocycles. The number of hydrogen-bond acceptors (Lipinski definition) is 1. The Hall–Kier alpha value is -0.691. The van der Waals surface area contributed by atoms with E-state index in [-0.39, 0.29) is 0 Å². The number of rotatable bonds is 6. The van der Waals surface area contributed by atoms with E-state index in [0.29, 0.717) is 15.0 Å². The number of hydrogen-bond donors (Lipinski definition) is 0. The second-order valence-electron chi connectivity index (χ2n) is 4.93. The molecule has 0 aliphatic heterocycles. The van der Waals surface area contributed by atoms with Crippen molar-refractivity contribution in [2.45, 2.75) is 22.6 Å². The first kappa shape index (κ1) is 13.3. The van der Waals surface area contributed by atoms with Crippen LogP contribution < -0.4 is 4.46 Å². The Morgan fingerprint density at radius 3 is 2.21 bits per heavy atom. The van der Waals surface area contributed by atoms with Gasteiger partial charge in [-0.2, -0.15) is 0 Å². The Labute approximate surface area is 126 Å². The van der Waals surface area contributed by atoms with E-state index in [0.717, 1.165) is 10.7 Å². The Kier molecular flexibility index (Phi) is 4.66. The third kappa shape index (κ3) is 4.14. The molecule has 1 unspecified atom stereocenters. The topological polar surface area (TPSA) is 0 Å². The summed E-state index contributed by atoms with van der Waals surface area (Å²) in [5.74, 6) is 2.28. The molecule has 1 atom stereocenters. The summed E-state index contributed by atoms with van der Waals surface area (Å²) < 4.78 is 1.56. The zero-order valence-electron chi connectivity index (χ0n) is 10.9. The molecule has 0 saturated heterocycles. The maximum atomic E-state index is 2.29. The summed E-state index contributed by atoms with van der Waals surface area (Å²) in [4.78, 5) is 2.32. The van der Waals surface area contributed by atoms with Gasteiger partial charge in [-0.3, -0.25) is 0 Å². The van der Waals surface area contributed by atoms with Gasteiger partial charge in [-0.1, -0.05) is 0 Å². The Morgan fingerprint density at radius 1 is 0.947 bits per heavy atom. The van der Waals surface area contributed by atoms with E-state index in [9.17, 15) is 0 Å². The van der Waals surface area contributed by atoms with E-state index < -0.39 is 0 Å². The molecular weight excluding hydrogens is 315 g/mol. The molecule has 19 heavy (non-hydrogen) atoms. The minimum absolute atomic E-state index is 0.629. The summed E-state index contributed by atoms with van der Waals surface area (Å²) in [5.41, 5.74) is 0. The van der Waals surface area contributed by atoms with Crippen LogP contribution in [0.4, 0.5) is 0 Å². The molecular formula is C17H18SSe. The van der Waals surface area contributed by atoms with Crippen LogP contribution in [0.15, 0.2) is 65.6 Å². The Balaban J connectivity index is 1.59.